The fourth-order valence-corrected chi connectivity index (χ4v) is 2.43. The third-order valence-electron chi connectivity index (χ3n) is 3.63. The van der Waals surface area contributed by atoms with Gasteiger partial charge in [-0.3, -0.25) is 4.79 Å². The zero-order chi connectivity index (χ0) is 16.1. The van der Waals surface area contributed by atoms with Crippen LogP contribution in [0.1, 0.15) is 17.5 Å². The molecule has 0 spiro atoms. The Morgan fingerprint density at radius 2 is 1.91 bits per heavy atom. The van der Waals surface area contributed by atoms with E-state index in [0.717, 1.165) is 23.3 Å². The van der Waals surface area contributed by atoms with E-state index in [9.17, 15) is 4.79 Å². The standard InChI is InChI=1S/C19H18N2O2/c1-23-16-9-5-8-15(12-16)10-11-18-20-17(19(22)21-18)13-14-6-3-2-4-7-14/h2-9,12-13H,10-11H2,1H3,(H,20,21,22)/b17-13+. The van der Waals surface area contributed by atoms with Gasteiger partial charge >= 0.3 is 0 Å². The van der Waals surface area contributed by atoms with Crippen LogP contribution in [0, 0.1) is 0 Å². The maximum Gasteiger partial charge on any atom is 0.275 e. The van der Waals surface area contributed by atoms with E-state index in [0.29, 0.717) is 18.0 Å². The number of amides is 1. The summed E-state index contributed by atoms with van der Waals surface area (Å²) in [6.07, 6.45) is 3.29. The molecule has 0 saturated heterocycles. The van der Waals surface area contributed by atoms with E-state index in [4.69, 9.17) is 4.74 Å². The molecule has 1 N–H and O–H groups in total. The molecule has 116 valence electrons. The van der Waals surface area contributed by atoms with Crippen molar-refractivity contribution in [3.8, 4) is 5.75 Å². The summed E-state index contributed by atoms with van der Waals surface area (Å²) in [5.74, 6) is 1.40. The molecular formula is C19H18N2O2. The van der Waals surface area contributed by atoms with E-state index in [-0.39, 0.29) is 5.91 Å². The maximum atomic E-state index is 12.0. The second-order valence-corrected chi connectivity index (χ2v) is 5.30. The Bertz CT molecular complexity index is 764. The Balaban J connectivity index is 1.68. The summed E-state index contributed by atoms with van der Waals surface area (Å²) in [7, 11) is 1.65. The molecule has 3 rings (SSSR count). The van der Waals surface area contributed by atoms with Crippen molar-refractivity contribution in [2.24, 2.45) is 4.99 Å². The summed E-state index contributed by atoms with van der Waals surface area (Å²) in [6.45, 7) is 0. The molecule has 0 bridgehead atoms. The van der Waals surface area contributed by atoms with Crippen LogP contribution in [0.15, 0.2) is 65.3 Å². The van der Waals surface area contributed by atoms with Crippen molar-refractivity contribution in [1.82, 2.24) is 5.32 Å². The average molecular weight is 306 g/mol. The van der Waals surface area contributed by atoms with Gasteiger partial charge in [0.2, 0.25) is 0 Å². The normalized spacial score (nSPS) is 15.4. The van der Waals surface area contributed by atoms with Crippen LogP contribution in [0.25, 0.3) is 6.08 Å². The van der Waals surface area contributed by atoms with Crippen molar-refractivity contribution in [2.45, 2.75) is 12.8 Å². The second-order valence-electron chi connectivity index (χ2n) is 5.30. The number of nitrogens with one attached hydrogen (secondary N) is 1. The number of hydrogen-bond acceptors (Lipinski definition) is 3. The first-order valence-corrected chi connectivity index (χ1v) is 7.53. The number of aliphatic imine (C=N–C) groups is 1. The summed E-state index contributed by atoms with van der Waals surface area (Å²) in [5, 5.41) is 2.83. The molecule has 2 aromatic rings. The Kier molecular flexibility index (Phi) is 4.52. The van der Waals surface area contributed by atoms with Gasteiger partial charge in [0.1, 0.15) is 17.3 Å². The number of ether oxygens (including phenoxy) is 1. The molecule has 0 radical (unpaired) electrons. The molecule has 0 fully saturated rings. The van der Waals surface area contributed by atoms with E-state index in [1.54, 1.807) is 13.2 Å². The molecular weight excluding hydrogens is 288 g/mol. The lowest BCUT2D eigenvalue weighted by molar-refractivity contribution is -0.115. The number of benzene rings is 2. The molecule has 0 atom stereocenters. The number of methoxy groups -OCH3 is 1. The van der Waals surface area contributed by atoms with Gasteiger partial charge in [0, 0.05) is 6.42 Å². The van der Waals surface area contributed by atoms with Gasteiger partial charge < -0.3 is 10.1 Å². The van der Waals surface area contributed by atoms with Gasteiger partial charge in [-0.1, -0.05) is 42.5 Å². The van der Waals surface area contributed by atoms with Gasteiger partial charge in [-0.05, 0) is 35.8 Å². The summed E-state index contributed by atoms with van der Waals surface area (Å²) < 4.78 is 5.22. The summed E-state index contributed by atoms with van der Waals surface area (Å²) in [5.41, 5.74) is 2.58. The molecule has 1 amide bonds. The van der Waals surface area contributed by atoms with Crippen LogP contribution in [0.4, 0.5) is 0 Å². The van der Waals surface area contributed by atoms with Crippen LogP contribution < -0.4 is 10.1 Å². The number of nitrogens with zero attached hydrogens (tertiary/aromatic N) is 1. The van der Waals surface area contributed by atoms with E-state index in [1.165, 1.54) is 0 Å². The zero-order valence-corrected chi connectivity index (χ0v) is 13.0. The number of carbonyl (C=O) groups excluding carboxylic acids is 1. The summed E-state index contributed by atoms with van der Waals surface area (Å²) in [4.78, 5) is 16.4. The van der Waals surface area contributed by atoms with Crippen molar-refractivity contribution >= 4 is 17.8 Å². The lowest BCUT2D eigenvalue weighted by Gasteiger charge is -2.04. The Labute approximate surface area is 135 Å². The predicted molar refractivity (Wildman–Crippen MR) is 91.3 cm³/mol. The Morgan fingerprint density at radius 3 is 2.70 bits per heavy atom. The Hall–Kier alpha value is -2.88. The minimum Gasteiger partial charge on any atom is -0.497 e. The summed E-state index contributed by atoms with van der Waals surface area (Å²) >= 11 is 0. The third-order valence-corrected chi connectivity index (χ3v) is 3.63. The molecule has 1 heterocycles. The first kappa shape index (κ1) is 15.0. The molecule has 0 aromatic heterocycles. The van der Waals surface area contributed by atoms with Gasteiger partial charge in [-0.2, -0.15) is 0 Å². The molecule has 1 aliphatic rings. The van der Waals surface area contributed by atoms with Crippen molar-refractivity contribution in [1.29, 1.82) is 0 Å². The van der Waals surface area contributed by atoms with Gasteiger partial charge in [0.05, 0.1) is 7.11 Å². The predicted octanol–water partition coefficient (Wildman–Crippen LogP) is 3.20. The molecule has 23 heavy (non-hydrogen) atoms. The van der Waals surface area contributed by atoms with Gasteiger partial charge in [0.15, 0.2) is 0 Å². The minimum atomic E-state index is -0.144. The van der Waals surface area contributed by atoms with Gasteiger partial charge in [0.25, 0.3) is 5.91 Å². The molecule has 1 aliphatic heterocycles. The second kappa shape index (κ2) is 6.92. The lowest BCUT2D eigenvalue weighted by atomic mass is 10.1. The van der Waals surface area contributed by atoms with Crippen molar-refractivity contribution < 1.29 is 9.53 Å². The van der Waals surface area contributed by atoms with Crippen LogP contribution in [0.3, 0.4) is 0 Å². The number of rotatable bonds is 5. The van der Waals surface area contributed by atoms with Crippen molar-refractivity contribution in [3.05, 3.63) is 71.4 Å². The molecule has 4 nitrogen and oxygen atoms in total. The topological polar surface area (TPSA) is 50.7 Å². The van der Waals surface area contributed by atoms with E-state index in [2.05, 4.69) is 10.3 Å². The minimum absolute atomic E-state index is 0.144. The van der Waals surface area contributed by atoms with E-state index >= 15 is 0 Å². The first-order chi connectivity index (χ1) is 11.2. The zero-order valence-electron chi connectivity index (χ0n) is 13.0. The largest absolute Gasteiger partial charge is 0.497 e. The smallest absolute Gasteiger partial charge is 0.275 e. The number of carbonyl (C=O) groups is 1. The highest BCUT2D eigenvalue weighted by molar-refractivity contribution is 6.14. The third kappa shape index (κ3) is 3.86. The molecule has 4 heteroatoms. The monoisotopic (exact) mass is 306 g/mol. The molecule has 2 aromatic carbocycles. The van der Waals surface area contributed by atoms with E-state index in [1.807, 2.05) is 54.6 Å². The number of amidine groups is 1. The fourth-order valence-electron chi connectivity index (χ4n) is 2.43. The number of hydrogen-bond donors (Lipinski definition) is 1. The Morgan fingerprint density at radius 1 is 1.09 bits per heavy atom. The molecule has 0 unspecified atom stereocenters. The van der Waals surface area contributed by atoms with Crippen LogP contribution in [0.2, 0.25) is 0 Å². The SMILES string of the molecule is COc1cccc(CCC2=N/C(=C/c3ccccc3)C(=O)N2)c1. The molecule has 0 aliphatic carbocycles. The quantitative estimate of drug-likeness (QED) is 0.862. The van der Waals surface area contributed by atoms with Crippen molar-refractivity contribution in [3.63, 3.8) is 0 Å². The van der Waals surface area contributed by atoms with Crippen LogP contribution in [0.5, 0.6) is 5.75 Å². The van der Waals surface area contributed by atoms with Gasteiger partial charge in [-0.25, -0.2) is 4.99 Å². The van der Waals surface area contributed by atoms with Crippen molar-refractivity contribution in [2.75, 3.05) is 7.11 Å². The van der Waals surface area contributed by atoms with Crippen LogP contribution in [-0.2, 0) is 11.2 Å². The molecule has 0 saturated carbocycles. The lowest BCUT2D eigenvalue weighted by Crippen LogP contribution is -2.24. The maximum absolute atomic E-state index is 12.0. The number of aryl methyl sites for hydroxylation is 1. The highest BCUT2D eigenvalue weighted by atomic mass is 16.5. The first-order valence-electron chi connectivity index (χ1n) is 7.53. The van der Waals surface area contributed by atoms with Gasteiger partial charge in [-0.15, -0.1) is 0 Å². The highest BCUT2D eigenvalue weighted by Crippen LogP contribution is 2.16. The average Bonchev–Trinajstić information content (AvgIpc) is 2.94. The van der Waals surface area contributed by atoms with E-state index < -0.39 is 0 Å². The van der Waals surface area contributed by atoms with Crippen LogP contribution in [-0.4, -0.2) is 18.9 Å². The fraction of sp³-hybridized carbons (Fsp3) is 0.158. The highest BCUT2D eigenvalue weighted by Gasteiger charge is 2.19. The van der Waals surface area contributed by atoms with Crippen LogP contribution >= 0.6 is 0 Å². The summed E-state index contributed by atoms with van der Waals surface area (Å²) in [6, 6.07) is 17.6.